The first-order valence-electron chi connectivity index (χ1n) is 11.7. The first-order valence-corrected chi connectivity index (χ1v) is 11.7. The Morgan fingerprint density at radius 2 is 1.68 bits per heavy atom. The second-order valence-electron chi connectivity index (χ2n) is 8.66. The normalized spacial score (nSPS) is 12.8. The number of aromatic hydroxyl groups is 1. The van der Waals surface area contributed by atoms with Gasteiger partial charge in [0, 0.05) is 31.1 Å². The molecule has 0 fully saturated rings. The molecule has 3 aromatic carbocycles. The van der Waals surface area contributed by atoms with E-state index >= 15 is 0 Å². The zero-order valence-corrected chi connectivity index (χ0v) is 19.6. The minimum absolute atomic E-state index is 0.0216. The molecule has 0 aliphatic rings. The van der Waals surface area contributed by atoms with E-state index in [1.165, 1.54) is 11.6 Å². The van der Waals surface area contributed by atoms with E-state index in [4.69, 9.17) is 0 Å². The van der Waals surface area contributed by atoms with Crippen LogP contribution in [0.15, 0.2) is 72.8 Å². The molecule has 0 saturated carbocycles. The molecule has 5 N–H and O–H groups in total. The molecule has 0 aromatic heterocycles. The number of aliphatic hydroxyl groups excluding tert-OH is 2. The van der Waals surface area contributed by atoms with Gasteiger partial charge < -0.3 is 26.0 Å². The van der Waals surface area contributed by atoms with Crippen molar-refractivity contribution in [1.29, 1.82) is 0 Å². The van der Waals surface area contributed by atoms with E-state index in [-0.39, 0.29) is 24.3 Å². The summed E-state index contributed by atoms with van der Waals surface area (Å²) in [6.45, 7) is 2.69. The van der Waals surface area contributed by atoms with Crippen LogP contribution >= 0.6 is 0 Å². The molecule has 3 aromatic rings. The minimum Gasteiger partial charge on any atom is -0.508 e. The van der Waals surface area contributed by atoms with E-state index in [1.807, 2.05) is 42.5 Å². The van der Waals surface area contributed by atoms with Crippen LogP contribution in [0.3, 0.4) is 0 Å². The summed E-state index contributed by atoms with van der Waals surface area (Å²) in [7, 11) is 0. The number of hydrogen-bond acceptors (Lipinski definition) is 5. The quantitative estimate of drug-likeness (QED) is 0.284. The lowest BCUT2D eigenvalue weighted by Gasteiger charge is -2.18. The van der Waals surface area contributed by atoms with Gasteiger partial charge in [-0.05, 0) is 54.2 Å². The van der Waals surface area contributed by atoms with Gasteiger partial charge in [0.05, 0.1) is 12.7 Å². The lowest BCUT2D eigenvalue weighted by atomic mass is 10.0. The lowest BCUT2D eigenvalue weighted by Crippen LogP contribution is -2.32. The predicted molar refractivity (Wildman–Crippen MR) is 133 cm³/mol. The fourth-order valence-electron chi connectivity index (χ4n) is 3.85. The number of nitrogens with one attached hydrogen (secondary N) is 2. The van der Waals surface area contributed by atoms with Crippen molar-refractivity contribution in [3.05, 3.63) is 101 Å². The first kappa shape index (κ1) is 25.4. The van der Waals surface area contributed by atoms with Gasteiger partial charge in [-0.3, -0.25) is 4.79 Å². The SMILES string of the molecule is CC(Cc1cccc(CCC(=O)NCc2ccccc2)c1)NC[C@H](O)c1ccc(O)c(CO)c1. The number of benzene rings is 3. The van der Waals surface area contributed by atoms with Crippen molar-refractivity contribution in [1.82, 2.24) is 10.6 Å². The van der Waals surface area contributed by atoms with Crippen molar-refractivity contribution >= 4 is 5.91 Å². The van der Waals surface area contributed by atoms with Gasteiger partial charge in [0.15, 0.2) is 0 Å². The van der Waals surface area contributed by atoms with Crippen molar-refractivity contribution in [2.45, 2.75) is 51.5 Å². The zero-order valence-electron chi connectivity index (χ0n) is 19.6. The third kappa shape index (κ3) is 7.99. The molecule has 6 heteroatoms. The summed E-state index contributed by atoms with van der Waals surface area (Å²) in [6, 6.07) is 23.0. The summed E-state index contributed by atoms with van der Waals surface area (Å²) in [4.78, 5) is 12.2. The molecule has 3 rings (SSSR count). The summed E-state index contributed by atoms with van der Waals surface area (Å²) < 4.78 is 0. The standard InChI is InChI=1S/C28H34N2O4/c1-20(29-18-27(33)24-11-12-26(32)25(16-24)19-31)14-23-9-5-8-21(15-23)10-13-28(34)30-17-22-6-3-2-4-7-22/h2-9,11-12,15-16,20,27,29,31-33H,10,13-14,17-19H2,1H3,(H,30,34)/t20?,27-/m0/s1. The molecule has 0 spiro atoms. The maximum absolute atomic E-state index is 12.2. The maximum Gasteiger partial charge on any atom is 0.220 e. The summed E-state index contributed by atoms with van der Waals surface area (Å²) >= 11 is 0. The van der Waals surface area contributed by atoms with Gasteiger partial charge in [0.25, 0.3) is 0 Å². The molecule has 0 bridgehead atoms. The second-order valence-corrected chi connectivity index (χ2v) is 8.66. The fourth-order valence-corrected chi connectivity index (χ4v) is 3.85. The lowest BCUT2D eigenvalue weighted by molar-refractivity contribution is -0.121. The van der Waals surface area contributed by atoms with Gasteiger partial charge in [-0.25, -0.2) is 0 Å². The maximum atomic E-state index is 12.2. The Balaban J connectivity index is 1.43. The van der Waals surface area contributed by atoms with Crippen molar-refractivity contribution in [3.8, 4) is 5.75 Å². The van der Waals surface area contributed by atoms with Crippen molar-refractivity contribution in [3.63, 3.8) is 0 Å². The highest BCUT2D eigenvalue weighted by Gasteiger charge is 2.12. The van der Waals surface area contributed by atoms with Gasteiger partial charge in [-0.15, -0.1) is 0 Å². The summed E-state index contributed by atoms with van der Waals surface area (Å²) in [5, 5.41) is 35.8. The molecule has 0 radical (unpaired) electrons. The van der Waals surface area contributed by atoms with Crippen LogP contribution < -0.4 is 10.6 Å². The smallest absolute Gasteiger partial charge is 0.220 e. The van der Waals surface area contributed by atoms with Crippen molar-refractivity contribution in [2.75, 3.05) is 6.54 Å². The third-order valence-electron chi connectivity index (χ3n) is 5.82. The van der Waals surface area contributed by atoms with Gasteiger partial charge in [-0.2, -0.15) is 0 Å². The average molecular weight is 463 g/mol. The number of amides is 1. The van der Waals surface area contributed by atoms with Crippen LogP contribution in [0.2, 0.25) is 0 Å². The van der Waals surface area contributed by atoms with Crippen molar-refractivity contribution in [2.24, 2.45) is 0 Å². The highest BCUT2D eigenvalue weighted by molar-refractivity contribution is 5.76. The average Bonchev–Trinajstić information content (AvgIpc) is 2.86. The zero-order chi connectivity index (χ0) is 24.3. The number of carbonyl (C=O) groups is 1. The van der Waals surface area contributed by atoms with Crippen LogP contribution in [0.4, 0.5) is 0 Å². The molecule has 1 unspecified atom stereocenters. The molecule has 0 heterocycles. The molecular formula is C28H34N2O4. The van der Waals surface area contributed by atoms with E-state index in [9.17, 15) is 20.1 Å². The summed E-state index contributed by atoms with van der Waals surface area (Å²) in [6.07, 6.45) is 1.18. The van der Waals surface area contributed by atoms with Gasteiger partial charge in [0.1, 0.15) is 5.75 Å². The number of rotatable bonds is 12. The Bertz CT molecular complexity index is 1060. The van der Waals surface area contributed by atoms with E-state index in [0.717, 1.165) is 17.5 Å². The number of phenols is 1. The van der Waals surface area contributed by atoms with Crippen LogP contribution in [0, 0.1) is 0 Å². The number of aliphatic hydroxyl groups is 2. The molecular weight excluding hydrogens is 428 g/mol. The first-order chi connectivity index (χ1) is 16.4. The molecule has 0 aliphatic carbocycles. The highest BCUT2D eigenvalue weighted by atomic mass is 16.3. The Morgan fingerprint density at radius 1 is 0.941 bits per heavy atom. The fraction of sp³-hybridized carbons (Fsp3) is 0.321. The largest absolute Gasteiger partial charge is 0.508 e. The van der Waals surface area contributed by atoms with E-state index in [2.05, 4.69) is 29.7 Å². The number of carbonyl (C=O) groups excluding carboxylic acids is 1. The highest BCUT2D eigenvalue weighted by Crippen LogP contribution is 2.22. The van der Waals surface area contributed by atoms with Crippen LogP contribution in [-0.2, 0) is 30.8 Å². The van der Waals surface area contributed by atoms with Crippen LogP contribution in [0.1, 0.15) is 47.3 Å². The molecule has 180 valence electrons. The van der Waals surface area contributed by atoms with E-state index < -0.39 is 6.10 Å². The molecule has 0 aliphatic heterocycles. The Morgan fingerprint density at radius 3 is 2.44 bits per heavy atom. The predicted octanol–water partition coefficient (Wildman–Crippen LogP) is 3.39. The summed E-state index contributed by atoms with van der Waals surface area (Å²) in [5.41, 5.74) is 4.43. The Labute approximate surface area is 201 Å². The van der Waals surface area contributed by atoms with Crippen LogP contribution in [0.25, 0.3) is 0 Å². The monoisotopic (exact) mass is 462 g/mol. The Kier molecular flexibility index (Phi) is 9.64. The summed E-state index contributed by atoms with van der Waals surface area (Å²) in [5.74, 6) is 0.0604. The van der Waals surface area contributed by atoms with E-state index in [0.29, 0.717) is 37.1 Å². The van der Waals surface area contributed by atoms with Gasteiger partial charge in [-0.1, -0.05) is 60.7 Å². The van der Waals surface area contributed by atoms with Gasteiger partial charge >= 0.3 is 0 Å². The van der Waals surface area contributed by atoms with Gasteiger partial charge in [0.2, 0.25) is 5.91 Å². The van der Waals surface area contributed by atoms with Crippen LogP contribution in [-0.4, -0.2) is 33.8 Å². The molecule has 0 saturated heterocycles. The second kappa shape index (κ2) is 12.9. The molecule has 1 amide bonds. The third-order valence-corrected chi connectivity index (χ3v) is 5.82. The van der Waals surface area contributed by atoms with E-state index in [1.54, 1.807) is 12.1 Å². The molecule has 2 atom stereocenters. The minimum atomic E-state index is -0.742. The van der Waals surface area contributed by atoms with Crippen LogP contribution in [0.5, 0.6) is 5.75 Å². The molecule has 34 heavy (non-hydrogen) atoms. The molecule has 6 nitrogen and oxygen atoms in total. The van der Waals surface area contributed by atoms with Crippen molar-refractivity contribution < 1.29 is 20.1 Å². The number of hydrogen-bond donors (Lipinski definition) is 5. The topological polar surface area (TPSA) is 102 Å². The number of aryl methyl sites for hydroxylation is 1. The Hall–Kier alpha value is -3.19.